The van der Waals surface area contributed by atoms with Crippen LogP contribution in [0, 0.1) is 18.8 Å². The molecule has 6 nitrogen and oxygen atoms in total. The van der Waals surface area contributed by atoms with E-state index in [-0.39, 0.29) is 31.9 Å². The van der Waals surface area contributed by atoms with Crippen LogP contribution in [0.3, 0.4) is 0 Å². The third-order valence-corrected chi connectivity index (χ3v) is 12.2. The van der Waals surface area contributed by atoms with Gasteiger partial charge in [-0.25, -0.2) is 4.98 Å². The Kier molecular flexibility index (Phi) is 9.26. The van der Waals surface area contributed by atoms with Crippen molar-refractivity contribution in [3.63, 3.8) is 0 Å². The van der Waals surface area contributed by atoms with E-state index in [0.29, 0.717) is 11.5 Å². The number of para-hydroxylation sites is 3. The van der Waals surface area contributed by atoms with Gasteiger partial charge in [0.25, 0.3) is 0 Å². The van der Waals surface area contributed by atoms with Crippen molar-refractivity contribution >= 4 is 44.6 Å². The Bertz CT molecular complexity index is 3150. The summed E-state index contributed by atoms with van der Waals surface area (Å²) in [5.41, 5.74) is 14.6. The third kappa shape index (κ3) is 6.27. The number of anilines is 4. The van der Waals surface area contributed by atoms with Crippen molar-refractivity contribution in [2.24, 2.45) is 0 Å². The van der Waals surface area contributed by atoms with Gasteiger partial charge < -0.3 is 19.1 Å². The first-order chi connectivity index (χ1) is 29.1. The molecule has 0 atom stereocenters. The number of rotatable bonds is 6. The van der Waals surface area contributed by atoms with Crippen molar-refractivity contribution in [2.75, 3.05) is 9.80 Å². The molecule has 0 radical (unpaired) electrons. The minimum Gasteiger partial charge on any atom is -0.509 e. The van der Waals surface area contributed by atoms with Crippen LogP contribution in [0.25, 0.3) is 49.9 Å². The standard InChI is InChI=1S/C54H42N5O.Pt/c1-53(2,3)36-27-30-56-50(31-36)59-46-18-9-7-15-41(46)42-22-21-39(33-49(42)59)60-38-14-12-13-37(32-38)57-34-58(48-20-11-10-19-47(48)57)52-40(35-25-28-55-29-26-35)23-24-45-51(52)43-16-6-8-17-44(43)54(45,4)5;/h6-31,34H,1-5H3;/q-3;. The van der Waals surface area contributed by atoms with Crippen molar-refractivity contribution < 1.29 is 25.8 Å². The number of fused-ring (bicyclic) bond motifs is 7. The molecular weight excluding hydrogens is 930 g/mol. The Morgan fingerprint density at radius 3 is 2.20 bits per heavy atom. The number of hydrogen-bond acceptors (Lipinski definition) is 5. The van der Waals surface area contributed by atoms with Gasteiger partial charge in [0.05, 0.1) is 0 Å². The summed E-state index contributed by atoms with van der Waals surface area (Å²) in [6, 6.07) is 56.4. The Morgan fingerprint density at radius 2 is 1.38 bits per heavy atom. The van der Waals surface area contributed by atoms with E-state index in [1.165, 1.54) is 27.8 Å². The predicted molar refractivity (Wildman–Crippen MR) is 244 cm³/mol. The van der Waals surface area contributed by atoms with Gasteiger partial charge in [-0.3, -0.25) is 4.98 Å². The van der Waals surface area contributed by atoms with Crippen LogP contribution in [0.4, 0.5) is 22.7 Å². The first-order valence-electron chi connectivity index (χ1n) is 20.5. The van der Waals surface area contributed by atoms with Crippen LogP contribution < -0.4 is 14.5 Å². The fraction of sp³-hybridized carbons (Fsp3) is 0.130. The zero-order valence-electron chi connectivity index (χ0n) is 34.5. The number of benzene rings is 6. The SMILES string of the molecule is CC(C)(C)c1ccnc(-n2c3[c-]c(Oc4[c-]c(N5[CH-]N(c6c(-c7ccncc7)ccc7c6-c6ccccc6C7(C)C)c6ccccc65)ccc4)ccc3c3ccccc32)c1.[Pt]. The monoisotopic (exact) mass is 971 g/mol. The topological polar surface area (TPSA) is 46.4 Å². The van der Waals surface area contributed by atoms with Gasteiger partial charge in [-0.1, -0.05) is 107 Å². The van der Waals surface area contributed by atoms with Gasteiger partial charge in [-0.2, -0.15) is 12.1 Å². The molecule has 1 aliphatic heterocycles. The molecule has 7 heteroatoms. The first kappa shape index (κ1) is 38.7. The van der Waals surface area contributed by atoms with Crippen LogP contribution >= 0.6 is 0 Å². The van der Waals surface area contributed by atoms with Crippen molar-refractivity contribution in [2.45, 2.75) is 45.4 Å². The summed E-state index contributed by atoms with van der Waals surface area (Å²) < 4.78 is 8.84. The molecule has 0 unspecified atom stereocenters. The molecule has 0 fully saturated rings. The van der Waals surface area contributed by atoms with E-state index in [0.717, 1.165) is 61.5 Å². The summed E-state index contributed by atoms with van der Waals surface area (Å²) in [4.78, 5) is 13.8. The summed E-state index contributed by atoms with van der Waals surface area (Å²) in [5, 5.41) is 2.23. The molecule has 302 valence electrons. The normalized spacial score (nSPS) is 13.9. The van der Waals surface area contributed by atoms with Crippen molar-refractivity contribution in [3.05, 3.63) is 194 Å². The Balaban J connectivity index is 0.00000445. The summed E-state index contributed by atoms with van der Waals surface area (Å²) in [5.74, 6) is 2.05. The summed E-state index contributed by atoms with van der Waals surface area (Å²) in [6.07, 6.45) is 5.64. The first-order valence-corrected chi connectivity index (χ1v) is 20.5. The molecule has 0 N–H and O–H groups in total. The van der Waals surface area contributed by atoms with Crippen LogP contribution in [0.1, 0.15) is 51.3 Å². The molecule has 0 spiro atoms. The Morgan fingerprint density at radius 1 is 0.639 bits per heavy atom. The van der Waals surface area contributed by atoms with Gasteiger partial charge >= 0.3 is 0 Å². The smallest absolute Gasteiger partial charge is 0.135 e. The molecule has 0 saturated carbocycles. The Labute approximate surface area is 371 Å². The van der Waals surface area contributed by atoms with Gasteiger partial charge in [0, 0.05) is 90.3 Å². The molecule has 61 heavy (non-hydrogen) atoms. The quantitative estimate of drug-likeness (QED) is 0.155. The molecule has 0 bridgehead atoms. The maximum absolute atomic E-state index is 6.65. The maximum atomic E-state index is 6.65. The molecule has 1 aliphatic carbocycles. The fourth-order valence-corrected chi connectivity index (χ4v) is 9.21. The van der Waals surface area contributed by atoms with Crippen molar-refractivity contribution in [3.8, 4) is 39.6 Å². The van der Waals surface area contributed by atoms with Gasteiger partial charge in [0.2, 0.25) is 0 Å². The molecule has 2 aliphatic rings. The van der Waals surface area contributed by atoms with E-state index in [1.54, 1.807) is 0 Å². The van der Waals surface area contributed by atoms with Crippen molar-refractivity contribution in [1.29, 1.82) is 0 Å². The van der Waals surface area contributed by atoms with E-state index in [9.17, 15) is 0 Å². The van der Waals surface area contributed by atoms with Crippen LogP contribution in [0.15, 0.2) is 158 Å². The summed E-state index contributed by atoms with van der Waals surface area (Å²) in [6.45, 7) is 13.5. The molecule has 0 amide bonds. The van der Waals surface area contributed by atoms with Crippen LogP contribution in [-0.4, -0.2) is 14.5 Å². The van der Waals surface area contributed by atoms with Crippen LogP contribution in [0.2, 0.25) is 0 Å². The van der Waals surface area contributed by atoms with Gasteiger partial charge in [-0.15, -0.1) is 48.1 Å². The molecule has 0 saturated heterocycles. The molecule has 6 aromatic carbocycles. The fourth-order valence-electron chi connectivity index (χ4n) is 9.21. The zero-order chi connectivity index (χ0) is 40.8. The molecule has 11 rings (SSSR count). The minimum absolute atomic E-state index is 0. The Hall–Kier alpha value is -6.49. The maximum Gasteiger partial charge on any atom is 0.135 e. The molecule has 4 heterocycles. The molecule has 3 aromatic heterocycles. The van der Waals surface area contributed by atoms with Gasteiger partial charge in [-0.05, 0) is 81.1 Å². The summed E-state index contributed by atoms with van der Waals surface area (Å²) >= 11 is 0. The average molecular weight is 972 g/mol. The average Bonchev–Trinajstić information content (AvgIpc) is 3.89. The number of aromatic nitrogens is 3. The third-order valence-electron chi connectivity index (χ3n) is 12.2. The van der Waals surface area contributed by atoms with E-state index < -0.39 is 0 Å². The van der Waals surface area contributed by atoms with E-state index >= 15 is 0 Å². The van der Waals surface area contributed by atoms with E-state index in [4.69, 9.17) is 9.72 Å². The second-order valence-electron chi connectivity index (χ2n) is 17.2. The largest absolute Gasteiger partial charge is 0.509 e. The van der Waals surface area contributed by atoms with Crippen molar-refractivity contribution in [1.82, 2.24) is 14.5 Å². The number of ether oxygens (including phenoxy) is 1. The van der Waals surface area contributed by atoms with Crippen LogP contribution in [-0.2, 0) is 31.9 Å². The minimum atomic E-state index is -0.156. The second-order valence-corrected chi connectivity index (χ2v) is 17.2. The number of pyridine rings is 2. The van der Waals surface area contributed by atoms with E-state index in [1.807, 2.05) is 36.8 Å². The van der Waals surface area contributed by atoms with E-state index in [2.05, 4.69) is 194 Å². The number of nitrogens with zero attached hydrogens (tertiary/aromatic N) is 5. The molecular formula is C54H42N5OPt-3. The zero-order valence-corrected chi connectivity index (χ0v) is 36.8. The van der Waals surface area contributed by atoms with Gasteiger partial charge in [0.15, 0.2) is 0 Å². The van der Waals surface area contributed by atoms with Gasteiger partial charge in [0.1, 0.15) is 5.82 Å². The second kappa shape index (κ2) is 14.6. The van der Waals surface area contributed by atoms with Crippen LogP contribution in [0.5, 0.6) is 11.5 Å². The predicted octanol–water partition coefficient (Wildman–Crippen LogP) is 13.6. The number of hydrogen-bond donors (Lipinski definition) is 0. The summed E-state index contributed by atoms with van der Waals surface area (Å²) in [7, 11) is 0. The molecule has 9 aromatic rings.